The Morgan fingerprint density at radius 2 is 2.06 bits per heavy atom. The molecule has 2 atom stereocenters. The Kier molecular flexibility index (Phi) is 3.89. The summed E-state index contributed by atoms with van der Waals surface area (Å²) in [7, 11) is 1.74. The number of nitrogens with one attached hydrogen (secondary N) is 1. The van der Waals surface area contributed by atoms with Crippen molar-refractivity contribution in [3.63, 3.8) is 0 Å². The maximum atomic E-state index is 5.46. The van der Waals surface area contributed by atoms with Gasteiger partial charge in [-0.05, 0) is 38.9 Å². The second-order valence-electron chi connectivity index (χ2n) is 4.82. The third-order valence-electron chi connectivity index (χ3n) is 3.45. The summed E-state index contributed by atoms with van der Waals surface area (Å²) in [5.74, 6) is 0.966. The Hall–Kier alpha value is -1.22. The lowest BCUT2D eigenvalue weighted by Crippen LogP contribution is -2.38. The first-order valence-corrected chi connectivity index (χ1v) is 6.35. The van der Waals surface area contributed by atoms with E-state index >= 15 is 0 Å². The molecule has 17 heavy (non-hydrogen) atoms. The Labute approximate surface area is 104 Å². The first kappa shape index (κ1) is 12.2. The quantitative estimate of drug-likeness (QED) is 0.849. The number of rotatable bonds is 2. The zero-order valence-electron chi connectivity index (χ0n) is 10.9. The number of methoxy groups -OCH3 is 1. The zero-order chi connectivity index (χ0) is 12.3. The number of benzene rings is 1. The van der Waals surface area contributed by atoms with Crippen molar-refractivity contribution in [3.05, 3.63) is 24.3 Å². The summed E-state index contributed by atoms with van der Waals surface area (Å²) in [5, 5.41) is 3.53. The lowest BCUT2D eigenvalue weighted by atomic mass is 10.1. The first-order valence-electron chi connectivity index (χ1n) is 6.35. The molecule has 0 radical (unpaired) electrons. The van der Waals surface area contributed by atoms with Crippen LogP contribution in [0.4, 0.5) is 5.69 Å². The SMILES string of the molecule is COc1ccccc1N1CC(C)NCCC1C. The molecule has 0 spiro atoms. The van der Waals surface area contributed by atoms with Gasteiger partial charge >= 0.3 is 0 Å². The van der Waals surface area contributed by atoms with E-state index in [1.165, 1.54) is 12.1 Å². The van der Waals surface area contributed by atoms with E-state index in [1.54, 1.807) is 7.11 Å². The highest BCUT2D eigenvalue weighted by atomic mass is 16.5. The van der Waals surface area contributed by atoms with Crippen LogP contribution in [0, 0.1) is 0 Å². The summed E-state index contributed by atoms with van der Waals surface area (Å²) >= 11 is 0. The average Bonchev–Trinajstić information content (AvgIpc) is 2.51. The van der Waals surface area contributed by atoms with Gasteiger partial charge in [-0.3, -0.25) is 0 Å². The fraction of sp³-hybridized carbons (Fsp3) is 0.571. The van der Waals surface area contributed by atoms with E-state index in [1.807, 2.05) is 12.1 Å². The van der Waals surface area contributed by atoms with Crippen molar-refractivity contribution in [3.8, 4) is 5.75 Å². The van der Waals surface area contributed by atoms with Crippen LogP contribution in [0.15, 0.2) is 24.3 Å². The van der Waals surface area contributed by atoms with Gasteiger partial charge in [0.15, 0.2) is 0 Å². The van der Waals surface area contributed by atoms with Gasteiger partial charge in [0.2, 0.25) is 0 Å². The molecule has 3 nitrogen and oxygen atoms in total. The summed E-state index contributed by atoms with van der Waals surface area (Å²) < 4.78 is 5.46. The molecule has 1 N–H and O–H groups in total. The number of hydrogen-bond donors (Lipinski definition) is 1. The number of anilines is 1. The van der Waals surface area contributed by atoms with Crippen molar-refractivity contribution in [1.29, 1.82) is 0 Å². The van der Waals surface area contributed by atoms with E-state index in [2.05, 4.69) is 36.2 Å². The summed E-state index contributed by atoms with van der Waals surface area (Å²) in [6.45, 7) is 6.64. The number of ether oxygens (including phenoxy) is 1. The van der Waals surface area contributed by atoms with Crippen molar-refractivity contribution >= 4 is 5.69 Å². The van der Waals surface area contributed by atoms with E-state index in [-0.39, 0.29) is 0 Å². The lowest BCUT2D eigenvalue weighted by Gasteiger charge is -2.31. The second kappa shape index (κ2) is 5.41. The molecule has 0 saturated carbocycles. The van der Waals surface area contributed by atoms with E-state index in [4.69, 9.17) is 4.74 Å². The van der Waals surface area contributed by atoms with Crippen LogP contribution in [0.1, 0.15) is 20.3 Å². The van der Waals surface area contributed by atoms with Gasteiger partial charge in [-0.25, -0.2) is 0 Å². The standard InChI is InChI=1S/C14H22N2O/c1-11-10-16(12(2)8-9-15-11)13-6-4-5-7-14(13)17-3/h4-7,11-12,15H,8-10H2,1-3H3. The first-order chi connectivity index (χ1) is 8.22. The van der Waals surface area contributed by atoms with Gasteiger partial charge in [0.05, 0.1) is 12.8 Å². The fourth-order valence-electron chi connectivity index (χ4n) is 2.44. The summed E-state index contributed by atoms with van der Waals surface area (Å²) in [4.78, 5) is 2.45. The van der Waals surface area contributed by atoms with Gasteiger partial charge in [-0.1, -0.05) is 12.1 Å². The van der Waals surface area contributed by atoms with Crippen LogP contribution in [0.2, 0.25) is 0 Å². The highest BCUT2D eigenvalue weighted by Crippen LogP contribution is 2.30. The van der Waals surface area contributed by atoms with Crippen molar-refractivity contribution in [2.24, 2.45) is 0 Å². The topological polar surface area (TPSA) is 24.5 Å². The van der Waals surface area contributed by atoms with Crippen molar-refractivity contribution in [2.45, 2.75) is 32.4 Å². The van der Waals surface area contributed by atoms with Crippen LogP contribution in [0.5, 0.6) is 5.75 Å². The van der Waals surface area contributed by atoms with Crippen LogP contribution in [-0.4, -0.2) is 32.3 Å². The van der Waals surface area contributed by atoms with Gasteiger partial charge in [-0.15, -0.1) is 0 Å². The van der Waals surface area contributed by atoms with Crippen LogP contribution in [0.3, 0.4) is 0 Å². The predicted octanol–water partition coefficient (Wildman–Crippen LogP) is 2.27. The number of para-hydroxylation sites is 2. The van der Waals surface area contributed by atoms with E-state index in [0.717, 1.165) is 18.8 Å². The molecule has 2 rings (SSSR count). The van der Waals surface area contributed by atoms with Crippen LogP contribution in [-0.2, 0) is 0 Å². The van der Waals surface area contributed by atoms with Crippen molar-refractivity contribution < 1.29 is 4.74 Å². The van der Waals surface area contributed by atoms with Crippen LogP contribution < -0.4 is 15.0 Å². The van der Waals surface area contributed by atoms with Crippen molar-refractivity contribution in [2.75, 3.05) is 25.1 Å². The molecule has 1 aromatic rings. The molecular formula is C14H22N2O. The molecule has 0 amide bonds. The Bertz CT molecular complexity index is 367. The smallest absolute Gasteiger partial charge is 0.142 e. The predicted molar refractivity (Wildman–Crippen MR) is 71.9 cm³/mol. The summed E-state index contributed by atoms with van der Waals surface area (Å²) in [6.07, 6.45) is 1.17. The number of nitrogens with zero attached hydrogens (tertiary/aromatic N) is 1. The van der Waals surface area contributed by atoms with Gasteiger partial charge in [-0.2, -0.15) is 0 Å². The number of hydrogen-bond acceptors (Lipinski definition) is 3. The molecule has 1 aromatic carbocycles. The Morgan fingerprint density at radius 1 is 1.29 bits per heavy atom. The molecular weight excluding hydrogens is 212 g/mol. The van der Waals surface area contributed by atoms with Crippen LogP contribution in [0.25, 0.3) is 0 Å². The van der Waals surface area contributed by atoms with Gasteiger partial charge in [0, 0.05) is 18.6 Å². The molecule has 0 aliphatic carbocycles. The zero-order valence-corrected chi connectivity index (χ0v) is 10.9. The lowest BCUT2D eigenvalue weighted by molar-refractivity contribution is 0.412. The van der Waals surface area contributed by atoms with E-state index in [0.29, 0.717) is 12.1 Å². The normalized spacial score (nSPS) is 25.5. The van der Waals surface area contributed by atoms with Gasteiger partial charge < -0.3 is 15.0 Å². The van der Waals surface area contributed by atoms with Crippen LogP contribution >= 0.6 is 0 Å². The third-order valence-corrected chi connectivity index (χ3v) is 3.45. The van der Waals surface area contributed by atoms with Gasteiger partial charge in [0.25, 0.3) is 0 Å². The second-order valence-corrected chi connectivity index (χ2v) is 4.82. The molecule has 0 bridgehead atoms. The summed E-state index contributed by atoms with van der Waals surface area (Å²) in [6, 6.07) is 9.34. The van der Waals surface area contributed by atoms with Gasteiger partial charge in [0.1, 0.15) is 5.75 Å². The summed E-state index contributed by atoms with van der Waals surface area (Å²) in [5.41, 5.74) is 1.21. The fourth-order valence-corrected chi connectivity index (χ4v) is 2.44. The Balaban J connectivity index is 2.29. The molecule has 1 aliphatic rings. The molecule has 2 unspecified atom stereocenters. The minimum absolute atomic E-state index is 0.518. The molecule has 1 heterocycles. The van der Waals surface area contributed by atoms with Crippen molar-refractivity contribution in [1.82, 2.24) is 5.32 Å². The maximum absolute atomic E-state index is 5.46. The van der Waals surface area contributed by atoms with E-state index in [9.17, 15) is 0 Å². The minimum atomic E-state index is 0.518. The minimum Gasteiger partial charge on any atom is -0.495 e. The highest BCUT2D eigenvalue weighted by molar-refractivity contribution is 5.59. The Morgan fingerprint density at radius 3 is 2.82 bits per heavy atom. The molecule has 3 heteroatoms. The average molecular weight is 234 g/mol. The molecule has 1 fully saturated rings. The highest BCUT2D eigenvalue weighted by Gasteiger charge is 2.22. The van der Waals surface area contributed by atoms with E-state index < -0.39 is 0 Å². The third kappa shape index (κ3) is 2.72. The maximum Gasteiger partial charge on any atom is 0.142 e. The monoisotopic (exact) mass is 234 g/mol. The molecule has 94 valence electrons. The molecule has 1 saturated heterocycles. The molecule has 1 aliphatic heterocycles. The largest absolute Gasteiger partial charge is 0.495 e. The molecule has 0 aromatic heterocycles.